The van der Waals surface area contributed by atoms with Crippen LogP contribution >= 0.6 is 0 Å². The van der Waals surface area contributed by atoms with Crippen molar-refractivity contribution in [3.8, 4) is 0 Å². The minimum Gasteiger partial charge on any atom is -0.316 e. The van der Waals surface area contributed by atoms with Crippen molar-refractivity contribution in [1.82, 2.24) is 10.0 Å². The van der Waals surface area contributed by atoms with Gasteiger partial charge >= 0.3 is 0 Å². The van der Waals surface area contributed by atoms with Gasteiger partial charge < -0.3 is 5.32 Å². The zero-order valence-corrected chi connectivity index (χ0v) is 12.8. The van der Waals surface area contributed by atoms with Gasteiger partial charge in [0, 0.05) is 6.04 Å². The van der Waals surface area contributed by atoms with E-state index in [4.69, 9.17) is 0 Å². The molecular weight excluding hydrogens is 288 g/mol. The first-order valence-corrected chi connectivity index (χ1v) is 10.1. The van der Waals surface area contributed by atoms with Gasteiger partial charge in [-0.1, -0.05) is 0 Å². The molecule has 0 aromatic heterocycles. The third-order valence-corrected chi connectivity index (χ3v) is 7.86. The molecule has 2 fully saturated rings. The highest BCUT2D eigenvalue weighted by molar-refractivity contribution is 7.92. The van der Waals surface area contributed by atoms with Crippen LogP contribution in [0.15, 0.2) is 0 Å². The van der Waals surface area contributed by atoms with E-state index in [1.54, 1.807) is 0 Å². The van der Waals surface area contributed by atoms with Gasteiger partial charge in [-0.2, -0.15) is 0 Å². The summed E-state index contributed by atoms with van der Waals surface area (Å²) in [6, 6.07) is -0.0986. The Balaban J connectivity index is 1.95. The molecule has 2 unspecified atom stereocenters. The van der Waals surface area contributed by atoms with E-state index >= 15 is 0 Å². The molecule has 2 aliphatic heterocycles. The lowest BCUT2D eigenvalue weighted by Gasteiger charge is -2.26. The number of sulfonamides is 1. The van der Waals surface area contributed by atoms with Crippen LogP contribution < -0.4 is 10.0 Å². The van der Waals surface area contributed by atoms with Crippen molar-refractivity contribution in [1.29, 1.82) is 0 Å². The summed E-state index contributed by atoms with van der Waals surface area (Å²) < 4.78 is 49.9. The van der Waals surface area contributed by atoms with E-state index in [0.29, 0.717) is 5.92 Å². The summed E-state index contributed by atoms with van der Waals surface area (Å²) in [4.78, 5) is 0. The van der Waals surface area contributed by atoms with Crippen molar-refractivity contribution in [3.05, 3.63) is 0 Å². The Morgan fingerprint density at radius 1 is 1.21 bits per heavy atom. The third kappa shape index (κ3) is 3.90. The molecule has 0 amide bonds. The number of hydrogen-bond acceptors (Lipinski definition) is 5. The Bertz CT molecular complexity index is 495. The zero-order chi connectivity index (χ0) is 14.1. The van der Waals surface area contributed by atoms with E-state index in [9.17, 15) is 16.8 Å². The highest BCUT2D eigenvalue weighted by Gasteiger charge is 2.34. The van der Waals surface area contributed by atoms with Crippen molar-refractivity contribution in [2.75, 3.05) is 24.6 Å². The Morgan fingerprint density at radius 3 is 2.37 bits per heavy atom. The first-order chi connectivity index (χ1) is 8.80. The van der Waals surface area contributed by atoms with Gasteiger partial charge in [-0.25, -0.2) is 21.6 Å². The third-order valence-electron chi connectivity index (χ3n) is 4.10. The lowest BCUT2D eigenvalue weighted by atomic mass is 10.0. The summed E-state index contributed by atoms with van der Waals surface area (Å²) in [5.74, 6) is 0.290. The van der Waals surface area contributed by atoms with Gasteiger partial charge in [-0.05, 0) is 45.2 Å². The summed E-state index contributed by atoms with van der Waals surface area (Å²) in [6.45, 7) is 3.65. The molecule has 0 bridgehead atoms. The maximum absolute atomic E-state index is 12.2. The fourth-order valence-corrected chi connectivity index (χ4v) is 6.28. The molecule has 0 aromatic carbocycles. The van der Waals surface area contributed by atoms with Gasteiger partial charge in [0.05, 0.1) is 16.8 Å². The maximum atomic E-state index is 12.2. The molecule has 2 heterocycles. The van der Waals surface area contributed by atoms with Crippen LogP contribution in [-0.2, 0) is 19.9 Å². The van der Waals surface area contributed by atoms with Crippen LogP contribution in [0.5, 0.6) is 0 Å². The topological polar surface area (TPSA) is 92.3 Å². The molecule has 8 heteroatoms. The summed E-state index contributed by atoms with van der Waals surface area (Å²) >= 11 is 0. The van der Waals surface area contributed by atoms with E-state index in [2.05, 4.69) is 10.0 Å². The Morgan fingerprint density at radius 2 is 1.84 bits per heavy atom. The molecule has 0 aromatic rings. The molecule has 2 N–H and O–H groups in total. The predicted octanol–water partition coefficient (Wildman–Crippen LogP) is -0.519. The summed E-state index contributed by atoms with van der Waals surface area (Å²) in [5, 5.41) is 2.65. The van der Waals surface area contributed by atoms with Crippen LogP contribution in [0.3, 0.4) is 0 Å². The second-order valence-electron chi connectivity index (χ2n) is 5.56. The first-order valence-electron chi connectivity index (χ1n) is 6.72. The summed E-state index contributed by atoms with van der Waals surface area (Å²) in [5.41, 5.74) is 0. The van der Waals surface area contributed by atoms with Crippen molar-refractivity contribution in [2.45, 2.75) is 37.5 Å². The molecule has 2 atom stereocenters. The average molecular weight is 310 g/mol. The number of hydrogen-bond donors (Lipinski definition) is 2. The van der Waals surface area contributed by atoms with Crippen LogP contribution in [0.4, 0.5) is 0 Å². The standard InChI is InChI=1S/C11H22N2O4S2/c1-9(10-2-5-12-8-10)13-19(16,17)11-3-6-18(14,15)7-4-11/h9-13H,2-8H2,1H3. The van der Waals surface area contributed by atoms with Gasteiger partial charge in [0.2, 0.25) is 10.0 Å². The minimum atomic E-state index is -3.41. The zero-order valence-electron chi connectivity index (χ0n) is 11.1. The molecule has 2 aliphatic rings. The Kier molecular flexibility index (Phi) is 4.54. The monoisotopic (exact) mass is 310 g/mol. The van der Waals surface area contributed by atoms with E-state index < -0.39 is 25.1 Å². The van der Waals surface area contributed by atoms with Crippen molar-refractivity contribution in [2.24, 2.45) is 5.92 Å². The van der Waals surface area contributed by atoms with E-state index in [-0.39, 0.29) is 30.4 Å². The SMILES string of the molecule is CC(NS(=O)(=O)C1CCS(=O)(=O)CC1)C1CCNC1. The number of rotatable bonds is 4. The van der Waals surface area contributed by atoms with Crippen molar-refractivity contribution in [3.63, 3.8) is 0 Å². The van der Waals surface area contributed by atoms with Gasteiger partial charge in [-0.15, -0.1) is 0 Å². The molecule has 0 saturated carbocycles. The van der Waals surface area contributed by atoms with Crippen LogP contribution in [0.2, 0.25) is 0 Å². The number of sulfone groups is 1. The Hall–Kier alpha value is -0.180. The maximum Gasteiger partial charge on any atom is 0.214 e. The first kappa shape index (κ1) is 15.2. The summed E-state index contributed by atoms with van der Waals surface area (Å²) in [7, 11) is -6.43. The quantitative estimate of drug-likeness (QED) is 0.729. The van der Waals surface area contributed by atoms with Crippen LogP contribution in [0, 0.1) is 5.92 Å². The molecule has 0 spiro atoms. The molecule has 0 aliphatic carbocycles. The average Bonchev–Trinajstić information content (AvgIpc) is 2.81. The highest BCUT2D eigenvalue weighted by Crippen LogP contribution is 2.20. The second kappa shape index (κ2) is 5.67. The van der Waals surface area contributed by atoms with Crippen molar-refractivity contribution >= 4 is 19.9 Å². The lowest BCUT2D eigenvalue weighted by Crippen LogP contribution is -2.45. The van der Waals surface area contributed by atoms with E-state index in [1.165, 1.54) is 0 Å². The van der Waals surface area contributed by atoms with Gasteiger partial charge in [0.15, 0.2) is 0 Å². The largest absolute Gasteiger partial charge is 0.316 e. The molecule has 19 heavy (non-hydrogen) atoms. The molecule has 2 rings (SSSR count). The van der Waals surface area contributed by atoms with Crippen LogP contribution in [0.25, 0.3) is 0 Å². The van der Waals surface area contributed by atoms with Crippen molar-refractivity contribution < 1.29 is 16.8 Å². The minimum absolute atomic E-state index is 0.0159. The van der Waals surface area contributed by atoms with Gasteiger partial charge in [-0.3, -0.25) is 0 Å². The normalized spacial score (nSPS) is 30.3. The Labute approximate surface area is 115 Å². The fourth-order valence-electron chi connectivity index (χ4n) is 2.73. The van der Waals surface area contributed by atoms with Gasteiger partial charge in [0.1, 0.15) is 9.84 Å². The smallest absolute Gasteiger partial charge is 0.214 e. The molecule has 2 saturated heterocycles. The lowest BCUT2D eigenvalue weighted by molar-refractivity contribution is 0.439. The molecule has 112 valence electrons. The van der Waals surface area contributed by atoms with E-state index in [1.807, 2.05) is 6.92 Å². The summed E-state index contributed by atoms with van der Waals surface area (Å²) in [6.07, 6.45) is 1.41. The van der Waals surface area contributed by atoms with Crippen LogP contribution in [-0.4, -0.2) is 52.7 Å². The predicted molar refractivity (Wildman–Crippen MR) is 74.2 cm³/mol. The molecule has 6 nitrogen and oxygen atoms in total. The van der Waals surface area contributed by atoms with Gasteiger partial charge in [0.25, 0.3) is 0 Å². The molecule has 0 radical (unpaired) electrons. The number of nitrogens with one attached hydrogen (secondary N) is 2. The second-order valence-corrected chi connectivity index (χ2v) is 9.85. The van der Waals surface area contributed by atoms with Crippen LogP contribution in [0.1, 0.15) is 26.2 Å². The highest BCUT2D eigenvalue weighted by atomic mass is 32.2. The fraction of sp³-hybridized carbons (Fsp3) is 1.00. The van der Waals surface area contributed by atoms with E-state index in [0.717, 1.165) is 19.5 Å². The molecular formula is C11H22N2O4S2.